The third kappa shape index (κ3) is 4.51. The minimum atomic E-state index is 0.907. The summed E-state index contributed by atoms with van der Waals surface area (Å²) in [5, 5.41) is 17.9. The van der Waals surface area contributed by atoms with Gasteiger partial charge in [-0.15, -0.1) is 0 Å². The first kappa shape index (κ1) is 30.8. The third-order valence-corrected chi connectivity index (χ3v) is 12.5. The van der Waals surface area contributed by atoms with Crippen LogP contribution in [0, 0.1) is 0 Å². The molecule has 1 aromatic heterocycles. The van der Waals surface area contributed by atoms with Gasteiger partial charge < -0.3 is 4.42 Å². The number of benzene rings is 12. The molecule has 0 spiro atoms. The number of rotatable bonds is 4. The normalized spacial score (nSPS) is 12.2. The fourth-order valence-electron chi connectivity index (χ4n) is 9.86. The summed E-state index contributed by atoms with van der Waals surface area (Å²) in [6, 6.07) is 71.9. The molecule has 57 heavy (non-hydrogen) atoms. The molecule has 262 valence electrons. The number of hydrogen-bond acceptors (Lipinski definition) is 1. The SMILES string of the molecule is c1cc(-c2cc(-c3ccc4oc5ccccc5c4c3)cc(-c3ccc4ccc5cccc6ccc3c4c56)c2)cc(-c2ccc3ccc4cccc5ccc2c3c45)c1. The summed E-state index contributed by atoms with van der Waals surface area (Å²) in [4.78, 5) is 0. The molecule has 0 saturated heterocycles. The average molecular weight is 721 g/mol. The van der Waals surface area contributed by atoms with E-state index < -0.39 is 0 Å². The van der Waals surface area contributed by atoms with Gasteiger partial charge in [0.25, 0.3) is 0 Å². The third-order valence-electron chi connectivity index (χ3n) is 12.5. The molecule has 0 fully saturated rings. The van der Waals surface area contributed by atoms with Crippen molar-refractivity contribution in [3.8, 4) is 44.5 Å². The maximum absolute atomic E-state index is 6.26. The Bertz CT molecular complexity index is 3720. The molecule has 0 amide bonds. The van der Waals surface area contributed by atoms with Crippen molar-refractivity contribution >= 4 is 86.6 Å². The quantitative estimate of drug-likeness (QED) is 0.165. The van der Waals surface area contributed by atoms with Crippen LogP contribution in [0.2, 0.25) is 0 Å². The lowest BCUT2D eigenvalue weighted by atomic mass is 9.87. The van der Waals surface area contributed by atoms with Crippen LogP contribution >= 0.6 is 0 Å². The van der Waals surface area contributed by atoms with Crippen LogP contribution in [-0.4, -0.2) is 0 Å². The first-order valence-electron chi connectivity index (χ1n) is 19.7. The van der Waals surface area contributed by atoms with Crippen LogP contribution in [0.1, 0.15) is 0 Å². The van der Waals surface area contributed by atoms with E-state index in [0.717, 1.165) is 27.5 Å². The minimum Gasteiger partial charge on any atom is -0.456 e. The molecule has 0 aliphatic heterocycles. The first-order chi connectivity index (χ1) is 28.2. The standard InChI is InChI=1S/C56H32O/c1-2-13-51-47(12-1)50-32-40(22-27-52(50)57-51)43-29-42(30-44(31-43)46-24-19-38-17-15-34-7-4-9-36-21-26-49(46)56(38)54(34)36)39-10-5-11-41(28-39)45-23-18-37-16-14-33-6-3-8-35-20-25-48(45)55(37)53(33)35/h1-32H. The van der Waals surface area contributed by atoms with Gasteiger partial charge in [-0.3, -0.25) is 0 Å². The van der Waals surface area contributed by atoms with E-state index in [0.29, 0.717) is 0 Å². The van der Waals surface area contributed by atoms with Gasteiger partial charge in [-0.05, 0) is 152 Å². The van der Waals surface area contributed by atoms with Crippen LogP contribution in [0.3, 0.4) is 0 Å². The summed E-state index contributed by atoms with van der Waals surface area (Å²) >= 11 is 0. The van der Waals surface area contributed by atoms with E-state index >= 15 is 0 Å². The van der Waals surface area contributed by atoms with Crippen molar-refractivity contribution in [2.24, 2.45) is 0 Å². The Morgan fingerprint density at radius 2 is 0.684 bits per heavy atom. The van der Waals surface area contributed by atoms with Crippen LogP contribution in [0.4, 0.5) is 0 Å². The van der Waals surface area contributed by atoms with Gasteiger partial charge in [-0.2, -0.15) is 0 Å². The van der Waals surface area contributed by atoms with E-state index in [9.17, 15) is 0 Å². The van der Waals surface area contributed by atoms with Crippen LogP contribution in [0.15, 0.2) is 199 Å². The summed E-state index contributed by atoms with van der Waals surface area (Å²) < 4.78 is 6.26. The number of para-hydroxylation sites is 1. The molecule has 1 heteroatoms. The van der Waals surface area contributed by atoms with E-state index in [4.69, 9.17) is 4.42 Å². The number of hydrogen-bond donors (Lipinski definition) is 0. The topological polar surface area (TPSA) is 13.1 Å². The maximum Gasteiger partial charge on any atom is 0.135 e. The highest BCUT2D eigenvalue weighted by Gasteiger charge is 2.17. The molecule has 1 nitrogen and oxygen atoms in total. The second-order valence-corrected chi connectivity index (χ2v) is 15.6. The van der Waals surface area contributed by atoms with Crippen molar-refractivity contribution in [1.82, 2.24) is 0 Å². The lowest BCUT2D eigenvalue weighted by molar-refractivity contribution is 0.669. The fraction of sp³-hybridized carbons (Fsp3) is 0. The Morgan fingerprint density at radius 3 is 1.33 bits per heavy atom. The van der Waals surface area contributed by atoms with Crippen LogP contribution in [0.25, 0.3) is 131 Å². The Balaban J connectivity index is 1.04. The van der Waals surface area contributed by atoms with Crippen molar-refractivity contribution < 1.29 is 4.42 Å². The van der Waals surface area contributed by atoms with Crippen LogP contribution < -0.4 is 0 Å². The van der Waals surface area contributed by atoms with Gasteiger partial charge in [-0.1, -0.05) is 152 Å². The lowest BCUT2D eigenvalue weighted by Gasteiger charge is -2.17. The molecular weight excluding hydrogens is 689 g/mol. The number of fused-ring (bicyclic) bond motifs is 3. The molecule has 0 saturated carbocycles. The highest BCUT2D eigenvalue weighted by atomic mass is 16.3. The summed E-state index contributed by atoms with van der Waals surface area (Å²) in [6.45, 7) is 0. The Labute approximate surface area is 328 Å². The van der Waals surface area contributed by atoms with Crippen LogP contribution in [-0.2, 0) is 0 Å². The van der Waals surface area contributed by atoms with E-state index in [1.807, 2.05) is 6.07 Å². The van der Waals surface area contributed by atoms with Gasteiger partial charge in [0.15, 0.2) is 0 Å². The minimum absolute atomic E-state index is 0.907. The van der Waals surface area contributed by atoms with E-state index in [2.05, 4.69) is 188 Å². The second kappa shape index (κ2) is 11.5. The Kier molecular flexibility index (Phi) is 6.23. The first-order valence-corrected chi connectivity index (χ1v) is 19.7. The summed E-state index contributed by atoms with van der Waals surface area (Å²) in [7, 11) is 0. The van der Waals surface area contributed by atoms with E-state index in [1.165, 1.54) is 104 Å². The zero-order chi connectivity index (χ0) is 37.2. The zero-order valence-electron chi connectivity index (χ0n) is 30.9. The monoisotopic (exact) mass is 720 g/mol. The molecule has 0 atom stereocenters. The molecule has 0 radical (unpaired) electrons. The highest BCUT2D eigenvalue weighted by Crippen LogP contribution is 2.44. The van der Waals surface area contributed by atoms with E-state index in [-0.39, 0.29) is 0 Å². The van der Waals surface area contributed by atoms with Gasteiger partial charge in [0.2, 0.25) is 0 Å². The molecule has 13 rings (SSSR count). The summed E-state index contributed by atoms with van der Waals surface area (Å²) in [5.41, 5.74) is 11.4. The predicted molar refractivity (Wildman–Crippen MR) is 243 cm³/mol. The van der Waals surface area contributed by atoms with Gasteiger partial charge in [-0.25, -0.2) is 0 Å². The average Bonchev–Trinajstić information content (AvgIpc) is 3.65. The largest absolute Gasteiger partial charge is 0.456 e. The van der Waals surface area contributed by atoms with Crippen molar-refractivity contribution in [2.75, 3.05) is 0 Å². The predicted octanol–water partition coefficient (Wildman–Crippen LogP) is 16.0. The summed E-state index contributed by atoms with van der Waals surface area (Å²) in [6.07, 6.45) is 0. The molecular formula is C56H32O. The molecule has 13 aromatic rings. The van der Waals surface area contributed by atoms with Gasteiger partial charge in [0.1, 0.15) is 11.2 Å². The number of furan rings is 1. The van der Waals surface area contributed by atoms with Crippen molar-refractivity contribution in [2.45, 2.75) is 0 Å². The van der Waals surface area contributed by atoms with Gasteiger partial charge >= 0.3 is 0 Å². The molecule has 12 aromatic carbocycles. The Morgan fingerprint density at radius 1 is 0.228 bits per heavy atom. The zero-order valence-corrected chi connectivity index (χ0v) is 30.9. The fourth-order valence-corrected chi connectivity index (χ4v) is 9.86. The van der Waals surface area contributed by atoms with Crippen molar-refractivity contribution in [3.05, 3.63) is 194 Å². The van der Waals surface area contributed by atoms with Crippen molar-refractivity contribution in [1.29, 1.82) is 0 Å². The molecule has 0 aliphatic rings. The van der Waals surface area contributed by atoms with Crippen molar-refractivity contribution in [3.63, 3.8) is 0 Å². The molecule has 0 bridgehead atoms. The smallest absolute Gasteiger partial charge is 0.135 e. The van der Waals surface area contributed by atoms with Gasteiger partial charge in [0, 0.05) is 10.8 Å². The second-order valence-electron chi connectivity index (χ2n) is 15.6. The molecule has 0 unspecified atom stereocenters. The van der Waals surface area contributed by atoms with Gasteiger partial charge in [0.05, 0.1) is 0 Å². The maximum atomic E-state index is 6.26. The summed E-state index contributed by atoms with van der Waals surface area (Å²) in [5.74, 6) is 0. The molecule has 0 N–H and O–H groups in total. The Hall–Kier alpha value is -7.48. The van der Waals surface area contributed by atoms with Crippen LogP contribution in [0.5, 0.6) is 0 Å². The molecule has 1 heterocycles. The van der Waals surface area contributed by atoms with E-state index in [1.54, 1.807) is 0 Å². The molecule has 0 aliphatic carbocycles. The highest BCUT2D eigenvalue weighted by molar-refractivity contribution is 6.27. The lowest BCUT2D eigenvalue weighted by Crippen LogP contribution is -1.90.